The summed E-state index contributed by atoms with van der Waals surface area (Å²) in [5.74, 6) is 1.66. The fourth-order valence-corrected chi connectivity index (χ4v) is 2.24. The van der Waals surface area contributed by atoms with Gasteiger partial charge in [-0.15, -0.1) is 0 Å². The molecule has 0 bridgehead atoms. The predicted molar refractivity (Wildman–Crippen MR) is 73.8 cm³/mol. The van der Waals surface area contributed by atoms with Gasteiger partial charge in [0.05, 0.1) is 12.5 Å². The van der Waals surface area contributed by atoms with Crippen LogP contribution in [-0.2, 0) is 0 Å². The van der Waals surface area contributed by atoms with E-state index in [1.54, 1.807) is 13.2 Å². The van der Waals surface area contributed by atoms with E-state index >= 15 is 0 Å². The van der Waals surface area contributed by atoms with Gasteiger partial charge in [0.15, 0.2) is 11.5 Å². The van der Waals surface area contributed by atoms with Crippen molar-refractivity contribution in [1.82, 2.24) is 4.98 Å². The third kappa shape index (κ3) is 1.71. The number of hydrogen-bond donors (Lipinski definition) is 1. The van der Waals surface area contributed by atoms with Crippen molar-refractivity contribution in [1.29, 1.82) is 0 Å². The molecule has 0 spiro atoms. The maximum Gasteiger partial charge on any atom is 0.198 e. The summed E-state index contributed by atoms with van der Waals surface area (Å²) in [7, 11) is 1.58. The number of rotatable bonds is 2. The van der Waals surface area contributed by atoms with Gasteiger partial charge in [-0.05, 0) is 6.07 Å². The monoisotopic (exact) mass is 257 g/mol. The first-order chi connectivity index (χ1) is 9.11. The van der Waals surface area contributed by atoms with Crippen LogP contribution < -0.4 is 4.74 Å². The molecule has 3 aromatic rings. The first kappa shape index (κ1) is 11.8. The number of aromatic hydroxyl groups is 1. The molecule has 0 amide bonds. The lowest BCUT2D eigenvalue weighted by molar-refractivity contribution is 0.416. The molecule has 0 unspecified atom stereocenters. The van der Waals surface area contributed by atoms with Gasteiger partial charge in [0, 0.05) is 17.4 Å². The van der Waals surface area contributed by atoms with E-state index in [4.69, 9.17) is 9.15 Å². The summed E-state index contributed by atoms with van der Waals surface area (Å²) in [6.07, 6.45) is 0. The minimum atomic E-state index is 0.156. The summed E-state index contributed by atoms with van der Waals surface area (Å²) in [6, 6.07) is 7.20. The summed E-state index contributed by atoms with van der Waals surface area (Å²) < 4.78 is 11.1. The fourth-order valence-electron chi connectivity index (χ4n) is 2.24. The van der Waals surface area contributed by atoms with Gasteiger partial charge < -0.3 is 14.3 Å². The van der Waals surface area contributed by atoms with E-state index in [1.165, 1.54) is 0 Å². The molecule has 0 atom stereocenters. The zero-order chi connectivity index (χ0) is 13.6. The van der Waals surface area contributed by atoms with Crippen LogP contribution in [0.2, 0.25) is 0 Å². The Kier molecular flexibility index (Phi) is 2.59. The highest BCUT2D eigenvalue weighted by Crippen LogP contribution is 2.39. The number of oxazole rings is 1. The third-order valence-electron chi connectivity index (χ3n) is 3.18. The highest BCUT2D eigenvalue weighted by molar-refractivity contribution is 6.08. The predicted octanol–water partition coefficient (Wildman–Crippen LogP) is 3.82. The molecule has 3 rings (SSSR count). The van der Waals surface area contributed by atoms with Crippen molar-refractivity contribution in [3.8, 4) is 11.5 Å². The van der Waals surface area contributed by atoms with E-state index < -0.39 is 0 Å². The van der Waals surface area contributed by atoms with Crippen molar-refractivity contribution < 1.29 is 14.3 Å². The number of aromatic nitrogens is 1. The van der Waals surface area contributed by atoms with Gasteiger partial charge in [-0.25, -0.2) is 4.98 Å². The van der Waals surface area contributed by atoms with Gasteiger partial charge in [-0.1, -0.05) is 26.0 Å². The standard InChI is InChI=1S/C15H15NO3/c1-8(2)15-16-10-7-11(17)13-9(14(10)19-15)5-4-6-12(13)18-3/h4-8,17H,1-3H3. The molecule has 0 aliphatic heterocycles. The molecule has 0 saturated heterocycles. The highest BCUT2D eigenvalue weighted by atomic mass is 16.5. The van der Waals surface area contributed by atoms with Gasteiger partial charge in [0.2, 0.25) is 0 Å². The number of hydrogen-bond acceptors (Lipinski definition) is 4. The molecule has 0 radical (unpaired) electrons. The minimum absolute atomic E-state index is 0.156. The van der Waals surface area contributed by atoms with Gasteiger partial charge >= 0.3 is 0 Å². The van der Waals surface area contributed by atoms with Crippen LogP contribution in [0.15, 0.2) is 28.7 Å². The molecule has 1 N–H and O–H groups in total. The second kappa shape index (κ2) is 4.16. The molecule has 0 saturated carbocycles. The molecule has 19 heavy (non-hydrogen) atoms. The molecule has 4 nitrogen and oxygen atoms in total. The lowest BCUT2D eigenvalue weighted by Crippen LogP contribution is -1.85. The van der Waals surface area contributed by atoms with Crippen LogP contribution in [-0.4, -0.2) is 17.2 Å². The van der Waals surface area contributed by atoms with E-state index in [0.29, 0.717) is 28.1 Å². The van der Waals surface area contributed by atoms with E-state index in [1.807, 2.05) is 32.0 Å². The Bertz CT molecular complexity index is 759. The minimum Gasteiger partial charge on any atom is -0.507 e. The van der Waals surface area contributed by atoms with Gasteiger partial charge in [0.1, 0.15) is 17.0 Å². The second-order valence-electron chi connectivity index (χ2n) is 4.83. The molecule has 2 aromatic carbocycles. The number of fused-ring (bicyclic) bond motifs is 3. The summed E-state index contributed by atoms with van der Waals surface area (Å²) in [5, 5.41) is 11.6. The molecule has 4 heteroatoms. The Hall–Kier alpha value is -2.23. The van der Waals surface area contributed by atoms with Gasteiger partial charge in [0.25, 0.3) is 0 Å². The van der Waals surface area contributed by atoms with Crippen molar-refractivity contribution in [2.24, 2.45) is 0 Å². The molecule has 1 aromatic heterocycles. The van der Waals surface area contributed by atoms with E-state index in [2.05, 4.69) is 4.98 Å². The second-order valence-corrected chi connectivity index (χ2v) is 4.83. The molecule has 0 aliphatic carbocycles. The van der Waals surface area contributed by atoms with Gasteiger partial charge in [-0.2, -0.15) is 0 Å². The SMILES string of the molecule is COc1cccc2c1c(O)cc1nc(C(C)C)oc12. The van der Waals surface area contributed by atoms with Crippen molar-refractivity contribution in [3.63, 3.8) is 0 Å². The maximum absolute atomic E-state index is 10.2. The van der Waals surface area contributed by atoms with Crippen LogP contribution >= 0.6 is 0 Å². The van der Waals surface area contributed by atoms with Crippen molar-refractivity contribution in [2.75, 3.05) is 7.11 Å². The summed E-state index contributed by atoms with van der Waals surface area (Å²) in [4.78, 5) is 4.41. The Morgan fingerprint density at radius 1 is 1.32 bits per heavy atom. The third-order valence-corrected chi connectivity index (χ3v) is 3.18. The zero-order valence-corrected chi connectivity index (χ0v) is 11.1. The van der Waals surface area contributed by atoms with Gasteiger partial charge in [-0.3, -0.25) is 0 Å². The molecular weight excluding hydrogens is 242 g/mol. The molecule has 0 aliphatic rings. The zero-order valence-electron chi connectivity index (χ0n) is 11.1. The van der Waals surface area contributed by atoms with Crippen molar-refractivity contribution >= 4 is 21.9 Å². The Morgan fingerprint density at radius 2 is 2.11 bits per heavy atom. The number of nitrogens with zero attached hydrogens (tertiary/aromatic N) is 1. The largest absolute Gasteiger partial charge is 0.507 e. The van der Waals surface area contributed by atoms with Crippen LogP contribution in [0, 0.1) is 0 Å². The lowest BCUT2D eigenvalue weighted by Gasteiger charge is -2.06. The first-order valence-corrected chi connectivity index (χ1v) is 6.21. The van der Waals surface area contributed by atoms with Crippen LogP contribution in [0.4, 0.5) is 0 Å². The summed E-state index contributed by atoms with van der Waals surface area (Å²) >= 11 is 0. The molecule has 0 fully saturated rings. The molecule has 98 valence electrons. The highest BCUT2D eigenvalue weighted by Gasteiger charge is 2.16. The normalized spacial score (nSPS) is 11.6. The first-order valence-electron chi connectivity index (χ1n) is 6.21. The number of phenolic OH excluding ortho intramolecular Hbond substituents is 1. The van der Waals surface area contributed by atoms with E-state index in [-0.39, 0.29) is 11.7 Å². The van der Waals surface area contributed by atoms with E-state index in [9.17, 15) is 5.11 Å². The smallest absolute Gasteiger partial charge is 0.198 e. The molecular formula is C15H15NO3. The fraction of sp³-hybridized carbons (Fsp3) is 0.267. The van der Waals surface area contributed by atoms with Crippen molar-refractivity contribution in [2.45, 2.75) is 19.8 Å². The van der Waals surface area contributed by atoms with Crippen LogP contribution in [0.1, 0.15) is 25.7 Å². The Morgan fingerprint density at radius 3 is 2.79 bits per heavy atom. The average Bonchev–Trinajstić information content (AvgIpc) is 2.82. The number of phenols is 1. The Labute approximate surface area is 110 Å². The Balaban J connectivity index is 2.45. The summed E-state index contributed by atoms with van der Waals surface area (Å²) in [6.45, 7) is 4.04. The quantitative estimate of drug-likeness (QED) is 0.758. The van der Waals surface area contributed by atoms with Crippen LogP contribution in [0.5, 0.6) is 11.5 Å². The number of methoxy groups -OCH3 is 1. The topological polar surface area (TPSA) is 55.5 Å². The van der Waals surface area contributed by atoms with Crippen LogP contribution in [0.25, 0.3) is 21.9 Å². The summed E-state index contributed by atoms with van der Waals surface area (Å²) in [5.41, 5.74) is 1.36. The molecule has 1 heterocycles. The lowest BCUT2D eigenvalue weighted by atomic mass is 10.1. The van der Waals surface area contributed by atoms with Crippen LogP contribution in [0.3, 0.4) is 0 Å². The van der Waals surface area contributed by atoms with E-state index in [0.717, 1.165) is 5.39 Å². The number of benzene rings is 2. The number of ether oxygens (including phenoxy) is 1. The van der Waals surface area contributed by atoms with Crippen molar-refractivity contribution in [3.05, 3.63) is 30.2 Å². The average molecular weight is 257 g/mol. The maximum atomic E-state index is 10.2.